The Hall–Kier alpha value is -3.13. The average molecular weight is 438 g/mol. The first-order valence-corrected chi connectivity index (χ1v) is 11.3. The molecule has 0 bridgehead atoms. The molecule has 0 radical (unpaired) electrons. The van der Waals surface area contributed by atoms with Crippen LogP contribution in [-0.2, 0) is 9.53 Å². The van der Waals surface area contributed by atoms with E-state index in [-0.39, 0.29) is 12.3 Å². The minimum atomic E-state index is -0.778. The normalized spacial score (nSPS) is 15.6. The van der Waals surface area contributed by atoms with E-state index in [0.717, 1.165) is 61.6 Å². The predicted molar refractivity (Wildman–Crippen MR) is 125 cm³/mol. The monoisotopic (exact) mass is 437 g/mol. The molecule has 0 saturated carbocycles. The largest absolute Gasteiger partial charge is 0.481 e. The number of fused-ring (bicyclic) bond motifs is 1. The third-order valence-corrected chi connectivity index (χ3v) is 6.23. The van der Waals surface area contributed by atoms with Gasteiger partial charge in [-0.05, 0) is 49.8 Å². The molecule has 8 heteroatoms. The second-order valence-electron chi connectivity index (χ2n) is 8.20. The molecule has 0 aliphatic carbocycles. The maximum Gasteiger partial charge on any atom is 0.303 e. The van der Waals surface area contributed by atoms with Crippen LogP contribution in [0.25, 0.3) is 5.65 Å². The van der Waals surface area contributed by atoms with Gasteiger partial charge in [0.05, 0.1) is 30.2 Å². The summed E-state index contributed by atoms with van der Waals surface area (Å²) < 4.78 is 7.50. The number of carbonyl (C=O) groups is 1. The summed E-state index contributed by atoms with van der Waals surface area (Å²) in [7, 11) is 0. The van der Waals surface area contributed by atoms with Crippen LogP contribution in [-0.4, -0.2) is 51.2 Å². The third-order valence-electron chi connectivity index (χ3n) is 6.23. The van der Waals surface area contributed by atoms with Crippen molar-refractivity contribution in [3.63, 3.8) is 0 Å². The van der Waals surface area contributed by atoms with Crippen LogP contribution < -0.4 is 10.2 Å². The molecule has 0 unspecified atom stereocenters. The zero-order valence-electron chi connectivity index (χ0n) is 18.7. The van der Waals surface area contributed by atoms with Crippen molar-refractivity contribution in [3.05, 3.63) is 48.5 Å². The van der Waals surface area contributed by atoms with Gasteiger partial charge in [0.2, 0.25) is 0 Å². The molecule has 1 atom stereocenters. The van der Waals surface area contributed by atoms with Gasteiger partial charge in [0, 0.05) is 38.2 Å². The summed E-state index contributed by atoms with van der Waals surface area (Å²) in [4.78, 5) is 22.6. The Balaban J connectivity index is 1.72. The van der Waals surface area contributed by atoms with Crippen LogP contribution in [0.2, 0.25) is 0 Å². The fourth-order valence-electron chi connectivity index (χ4n) is 4.52. The van der Waals surface area contributed by atoms with Crippen molar-refractivity contribution in [2.45, 2.75) is 51.5 Å². The van der Waals surface area contributed by atoms with Crippen molar-refractivity contribution in [1.82, 2.24) is 14.4 Å². The molecule has 3 aromatic rings. The van der Waals surface area contributed by atoms with E-state index < -0.39 is 5.97 Å². The molecule has 0 amide bonds. The number of carboxylic acid groups (broad SMARTS) is 1. The number of anilines is 3. The standard InChI is InChI=1S/C24H31N5O3/c1-3-17(14-24(30)31)18-5-6-21(29(4-2)19-7-11-32-12-8-19)20(13-18)27-22-16-28-10-9-25-23(28)15-26-22/h5-6,9-10,13,15-17,19,27H,3-4,7-8,11-12,14H2,1-2H3,(H,30,31)/t17-/m0/s1. The van der Waals surface area contributed by atoms with Gasteiger partial charge >= 0.3 is 5.97 Å². The van der Waals surface area contributed by atoms with E-state index in [0.29, 0.717) is 11.9 Å². The number of hydrogen-bond donors (Lipinski definition) is 2. The van der Waals surface area contributed by atoms with E-state index in [1.54, 1.807) is 12.4 Å². The number of ether oxygens (including phenoxy) is 1. The number of aliphatic carboxylic acids is 1. The summed E-state index contributed by atoms with van der Waals surface area (Å²) >= 11 is 0. The Kier molecular flexibility index (Phi) is 6.90. The quantitative estimate of drug-likeness (QED) is 0.511. The first kappa shape index (κ1) is 22.1. The number of aromatic nitrogens is 3. The summed E-state index contributed by atoms with van der Waals surface area (Å²) in [6.07, 6.45) is 10.2. The highest BCUT2D eigenvalue weighted by molar-refractivity contribution is 5.76. The first-order valence-electron chi connectivity index (χ1n) is 11.3. The van der Waals surface area contributed by atoms with Gasteiger partial charge < -0.3 is 24.5 Å². The fourth-order valence-corrected chi connectivity index (χ4v) is 4.52. The first-order chi connectivity index (χ1) is 15.6. The number of carboxylic acids is 1. The van der Waals surface area contributed by atoms with Crippen LogP contribution in [0.1, 0.15) is 51.0 Å². The lowest BCUT2D eigenvalue weighted by molar-refractivity contribution is -0.137. The topological polar surface area (TPSA) is 92.0 Å². The molecule has 32 heavy (non-hydrogen) atoms. The third kappa shape index (κ3) is 4.85. The summed E-state index contributed by atoms with van der Waals surface area (Å²) in [6, 6.07) is 6.70. The minimum Gasteiger partial charge on any atom is -0.481 e. The maximum atomic E-state index is 11.4. The van der Waals surface area contributed by atoms with Crippen LogP contribution >= 0.6 is 0 Å². The molecule has 1 aliphatic heterocycles. The SMILES string of the molecule is CC[C@@H](CC(=O)O)c1ccc(N(CC)C2CCOCC2)c(Nc2cn3ccnc3cn2)c1. The van der Waals surface area contributed by atoms with E-state index >= 15 is 0 Å². The molecule has 1 saturated heterocycles. The fraction of sp³-hybridized carbons (Fsp3) is 0.458. The van der Waals surface area contributed by atoms with Gasteiger partial charge in [-0.15, -0.1) is 0 Å². The van der Waals surface area contributed by atoms with Gasteiger partial charge in [0.15, 0.2) is 5.65 Å². The van der Waals surface area contributed by atoms with Crippen molar-refractivity contribution in [2.24, 2.45) is 0 Å². The highest BCUT2D eigenvalue weighted by Crippen LogP contribution is 2.36. The van der Waals surface area contributed by atoms with E-state index in [9.17, 15) is 9.90 Å². The summed E-state index contributed by atoms with van der Waals surface area (Å²) in [5.74, 6) is -0.104. The van der Waals surface area contributed by atoms with Crippen molar-refractivity contribution in [3.8, 4) is 0 Å². The van der Waals surface area contributed by atoms with E-state index in [1.165, 1.54) is 0 Å². The Morgan fingerprint density at radius 2 is 2.12 bits per heavy atom. The summed E-state index contributed by atoms with van der Waals surface area (Å²) in [6.45, 7) is 6.62. The van der Waals surface area contributed by atoms with Crippen molar-refractivity contribution >= 4 is 28.8 Å². The predicted octanol–water partition coefficient (Wildman–Crippen LogP) is 4.45. The van der Waals surface area contributed by atoms with Crippen LogP contribution in [0.3, 0.4) is 0 Å². The zero-order chi connectivity index (χ0) is 22.5. The lowest BCUT2D eigenvalue weighted by Crippen LogP contribution is -2.39. The van der Waals surface area contributed by atoms with E-state index in [1.807, 2.05) is 23.7 Å². The van der Waals surface area contributed by atoms with Gasteiger partial charge in [-0.1, -0.05) is 13.0 Å². The molecule has 1 aromatic carbocycles. The van der Waals surface area contributed by atoms with Gasteiger partial charge in [-0.2, -0.15) is 0 Å². The van der Waals surface area contributed by atoms with Crippen LogP contribution in [0.15, 0.2) is 43.0 Å². The molecule has 8 nitrogen and oxygen atoms in total. The Labute approximate surface area is 188 Å². The Morgan fingerprint density at radius 3 is 2.84 bits per heavy atom. The number of nitrogens with zero attached hydrogens (tertiary/aromatic N) is 4. The Bertz CT molecular complexity index is 1060. The number of hydrogen-bond acceptors (Lipinski definition) is 6. The van der Waals surface area contributed by atoms with Crippen LogP contribution in [0, 0.1) is 0 Å². The summed E-state index contributed by atoms with van der Waals surface area (Å²) in [5.41, 5.74) is 3.84. The van der Waals surface area contributed by atoms with E-state index in [4.69, 9.17) is 4.74 Å². The molecule has 2 aromatic heterocycles. The number of nitrogens with one attached hydrogen (secondary N) is 1. The minimum absolute atomic E-state index is 0.0376. The highest BCUT2D eigenvalue weighted by atomic mass is 16.5. The number of rotatable bonds is 9. The maximum absolute atomic E-state index is 11.4. The van der Waals surface area contributed by atoms with Gasteiger partial charge in [-0.3, -0.25) is 4.79 Å². The molecule has 2 N–H and O–H groups in total. The number of imidazole rings is 1. The lowest BCUT2D eigenvalue weighted by Gasteiger charge is -2.36. The van der Waals surface area contributed by atoms with Crippen LogP contribution in [0.5, 0.6) is 0 Å². The molecule has 1 fully saturated rings. The molecular weight excluding hydrogens is 406 g/mol. The molecular formula is C24H31N5O3. The molecule has 4 rings (SSSR count). The smallest absolute Gasteiger partial charge is 0.303 e. The van der Waals surface area contributed by atoms with Crippen molar-refractivity contribution < 1.29 is 14.6 Å². The lowest BCUT2D eigenvalue weighted by atomic mass is 9.92. The second kappa shape index (κ2) is 9.99. The average Bonchev–Trinajstić information content (AvgIpc) is 3.27. The van der Waals surface area contributed by atoms with Gasteiger partial charge in [-0.25, -0.2) is 9.97 Å². The van der Waals surface area contributed by atoms with Crippen molar-refractivity contribution in [1.29, 1.82) is 0 Å². The molecule has 3 heterocycles. The van der Waals surface area contributed by atoms with E-state index in [2.05, 4.69) is 45.3 Å². The van der Waals surface area contributed by atoms with Gasteiger partial charge in [0.25, 0.3) is 0 Å². The van der Waals surface area contributed by atoms with Crippen molar-refractivity contribution in [2.75, 3.05) is 30.0 Å². The van der Waals surface area contributed by atoms with Gasteiger partial charge in [0.1, 0.15) is 5.82 Å². The summed E-state index contributed by atoms with van der Waals surface area (Å²) in [5, 5.41) is 12.9. The highest BCUT2D eigenvalue weighted by Gasteiger charge is 2.24. The molecule has 170 valence electrons. The Morgan fingerprint density at radius 1 is 1.31 bits per heavy atom. The second-order valence-corrected chi connectivity index (χ2v) is 8.20. The molecule has 0 spiro atoms. The molecule has 1 aliphatic rings. The zero-order valence-corrected chi connectivity index (χ0v) is 18.7. The van der Waals surface area contributed by atoms with Crippen LogP contribution in [0.4, 0.5) is 17.2 Å². The number of benzene rings is 1.